The number of hydrogen-bond donors (Lipinski definition) is 2. The Labute approximate surface area is 109 Å². The number of fused-ring (bicyclic) bond motifs is 1. The minimum absolute atomic E-state index is 0.342. The van der Waals surface area contributed by atoms with E-state index in [1.165, 1.54) is 5.56 Å². The average molecular weight is 250 g/mol. The summed E-state index contributed by atoms with van der Waals surface area (Å²) in [5, 5.41) is 6.52. The maximum absolute atomic E-state index is 5.72. The zero-order chi connectivity index (χ0) is 12.8. The second-order valence-corrected chi connectivity index (χ2v) is 4.49. The topological polar surface area (TPSA) is 42.5 Å². The van der Waals surface area contributed by atoms with Gasteiger partial charge in [-0.05, 0) is 44.8 Å². The monoisotopic (exact) mass is 250 g/mol. The molecule has 1 heterocycles. The van der Waals surface area contributed by atoms with E-state index in [1.54, 1.807) is 0 Å². The smallest absolute Gasteiger partial charge is 0.161 e. The van der Waals surface area contributed by atoms with Crippen LogP contribution in [0.2, 0.25) is 0 Å². The van der Waals surface area contributed by atoms with Crippen molar-refractivity contribution in [2.24, 2.45) is 0 Å². The normalized spacial score (nSPS) is 16.1. The summed E-state index contributed by atoms with van der Waals surface area (Å²) in [7, 11) is 3.96. The first-order valence-corrected chi connectivity index (χ1v) is 6.56. The minimum atomic E-state index is 0.342. The van der Waals surface area contributed by atoms with Gasteiger partial charge < -0.3 is 20.1 Å². The standard InChI is InChI=1S/C14H22N2O2/c1-15-7-6-12(16-2)11-4-5-13-14(10-11)18-9-3-8-17-13/h4-5,10,12,15-16H,3,6-9H2,1-2H3. The lowest BCUT2D eigenvalue weighted by Gasteiger charge is -2.18. The molecule has 4 heteroatoms. The Balaban J connectivity index is 2.15. The SMILES string of the molecule is CNCCC(NC)c1ccc2c(c1)OCCCO2. The van der Waals surface area contributed by atoms with Gasteiger partial charge in [0, 0.05) is 12.5 Å². The number of benzene rings is 1. The highest BCUT2D eigenvalue weighted by molar-refractivity contribution is 5.44. The highest BCUT2D eigenvalue weighted by Crippen LogP contribution is 2.32. The molecule has 0 aromatic heterocycles. The Bertz CT molecular complexity index is 382. The van der Waals surface area contributed by atoms with Gasteiger partial charge in [0.15, 0.2) is 11.5 Å². The summed E-state index contributed by atoms with van der Waals surface area (Å²) >= 11 is 0. The number of rotatable bonds is 5. The second-order valence-electron chi connectivity index (χ2n) is 4.49. The molecule has 2 rings (SSSR count). The van der Waals surface area contributed by atoms with Gasteiger partial charge in [-0.3, -0.25) is 0 Å². The molecule has 1 aliphatic heterocycles. The van der Waals surface area contributed by atoms with E-state index in [0.29, 0.717) is 6.04 Å². The van der Waals surface area contributed by atoms with Gasteiger partial charge in [-0.15, -0.1) is 0 Å². The number of hydrogen-bond acceptors (Lipinski definition) is 4. The van der Waals surface area contributed by atoms with Gasteiger partial charge in [0.2, 0.25) is 0 Å². The molecule has 0 radical (unpaired) electrons. The molecular weight excluding hydrogens is 228 g/mol. The van der Waals surface area contributed by atoms with Crippen molar-refractivity contribution in [1.82, 2.24) is 10.6 Å². The summed E-state index contributed by atoms with van der Waals surface area (Å²) in [5.74, 6) is 1.73. The van der Waals surface area contributed by atoms with Crippen molar-refractivity contribution in [3.05, 3.63) is 23.8 Å². The van der Waals surface area contributed by atoms with Gasteiger partial charge >= 0.3 is 0 Å². The van der Waals surface area contributed by atoms with E-state index in [4.69, 9.17) is 9.47 Å². The van der Waals surface area contributed by atoms with Crippen molar-refractivity contribution in [2.75, 3.05) is 33.9 Å². The first-order valence-electron chi connectivity index (χ1n) is 6.56. The predicted molar refractivity (Wildman–Crippen MR) is 72.4 cm³/mol. The lowest BCUT2D eigenvalue weighted by atomic mass is 10.0. The summed E-state index contributed by atoms with van der Waals surface area (Å²) in [6.07, 6.45) is 1.99. The molecule has 4 nitrogen and oxygen atoms in total. The Morgan fingerprint density at radius 1 is 1.17 bits per heavy atom. The fourth-order valence-corrected chi connectivity index (χ4v) is 2.16. The largest absolute Gasteiger partial charge is 0.490 e. The van der Waals surface area contributed by atoms with E-state index < -0.39 is 0 Å². The van der Waals surface area contributed by atoms with Crippen molar-refractivity contribution in [3.63, 3.8) is 0 Å². The fraction of sp³-hybridized carbons (Fsp3) is 0.571. The lowest BCUT2D eigenvalue weighted by molar-refractivity contribution is 0.297. The Morgan fingerprint density at radius 3 is 2.67 bits per heavy atom. The van der Waals surface area contributed by atoms with Gasteiger partial charge in [-0.2, -0.15) is 0 Å². The predicted octanol–water partition coefficient (Wildman–Crippen LogP) is 1.72. The molecule has 0 bridgehead atoms. The zero-order valence-electron chi connectivity index (χ0n) is 11.2. The maximum Gasteiger partial charge on any atom is 0.161 e. The minimum Gasteiger partial charge on any atom is -0.490 e. The van der Waals surface area contributed by atoms with E-state index >= 15 is 0 Å². The molecule has 1 aromatic carbocycles. The Morgan fingerprint density at radius 2 is 1.94 bits per heavy atom. The Kier molecular flexibility index (Phi) is 4.84. The molecule has 1 unspecified atom stereocenters. The molecule has 1 atom stereocenters. The maximum atomic E-state index is 5.72. The average Bonchev–Trinajstić information content (AvgIpc) is 2.64. The molecule has 0 amide bonds. The van der Waals surface area contributed by atoms with Crippen LogP contribution >= 0.6 is 0 Å². The van der Waals surface area contributed by atoms with E-state index in [9.17, 15) is 0 Å². The molecule has 0 aliphatic carbocycles. The van der Waals surface area contributed by atoms with Crippen LogP contribution in [0.1, 0.15) is 24.4 Å². The molecule has 0 spiro atoms. The van der Waals surface area contributed by atoms with Crippen LogP contribution in [0.25, 0.3) is 0 Å². The third kappa shape index (κ3) is 3.15. The van der Waals surface area contributed by atoms with Crippen LogP contribution in [-0.4, -0.2) is 33.9 Å². The first kappa shape index (κ1) is 13.2. The van der Waals surface area contributed by atoms with Crippen LogP contribution in [0.3, 0.4) is 0 Å². The van der Waals surface area contributed by atoms with Crippen LogP contribution < -0.4 is 20.1 Å². The number of ether oxygens (including phenoxy) is 2. The van der Waals surface area contributed by atoms with Gasteiger partial charge in [0.1, 0.15) is 0 Å². The zero-order valence-corrected chi connectivity index (χ0v) is 11.2. The molecule has 0 saturated carbocycles. The quantitative estimate of drug-likeness (QED) is 0.835. The number of nitrogens with one attached hydrogen (secondary N) is 2. The van der Waals surface area contributed by atoms with E-state index in [-0.39, 0.29) is 0 Å². The summed E-state index contributed by atoms with van der Waals surface area (Å²) in [6, 6.07) is 6.57. The second kappa shape index (κ2) is 6.61. The van der Waals surface area contributed by atoms with Crippen LogP contribution in [0.5, 0.6) is 11.5 Å². The lowest BCUT2D eigenvalue weighted by Crippen LogP contribution is -2.21. The summed E-state index contributed by atoms with van der Waals surface area (Å²) in [4.78, 5) is 0. The van der Waals surface area contributed by atoms with E-state index in [0.717, 1.165) is 44.1 Å². The highest BCUT2D eigenvalue weighted by atomic mass is 16.5. The molecule has 18 heavy (non-hydrogen) atoms. The van der Waals surface area contributed by atoms with Crippen molar-refractivity contribution < 1.29 is 9.47 Å². The van der Waals surface area contributed by atoms with E-state index in [1.807, 2.05) is 20.2 Å². The Hall–Kier alpha value is -1.26. The molecule has 0 fully saturated rings. The van der Waals surface area contributed by atoms with Crippen molar-refractivity contribution in [3.8, 4) is 11.5 Å². The van der Waals surface area contributed by atoms with E-state index in [2.05, 4.69) is 22.8 Å². The molecule has 2 N–H and O–H groups in total. The fourth-order valence-electron chi connectivity index (χ4n) is 2.16. The third-order valence-corrected chi connectivity index (χ3v) is 3.21. The van der Waals surface area contributed by atoms with Gasteiger partial charge in [0.25, 0.3) is 0 Å². The summed E-state index contributed by atoms with van der Waals surface area (Å²) in [5.41, 5.74) is 1.25. The molecule has 1 aromatic rings. The molecule has 100 valence electrons. The van der Waals surface area contributed by atoms with Crippen molar-refractivity contribution in [2.45, 2.75) is 18.9 Å². The molecule has 1 aliphatic rings. The first-order chi connectivity index (χ1) is 8.85. The van der Waals surface area contributed by atoms with Crippen molar-refractivity contribution in [1.29, 1.82) is 0 Å². The van der Waals surface area contributed by atoms with Gasteiger partial charge in [0.05, 0.1) is 13.2 Å². The molecular formula is C14H22N2O2. The van der Waals surface area contributed by atoms with Crippen LogP contribution in [0, 0.1) is 0 Å². The molecule has 0 saturated heterocycles. The summed E-state index contributed by atoms with van der Waals surface area (Å²) in [6.45, 7) is 2.46. The van der Waals surface area contributed by atoms with Crippen LogP contribution in [0.4, 0.5) is 0 Å². The van der Waals surface area contributed by atoms with Crippen LogP contribution in [-0.2, 0) is 0 Å². The van der Waals surface area contributed by atoms with Crippen molar-refractivity contribution >= 4 is 0 Å². The summed E-state index contributed by atoms with van der Waals surface area (Å²) < 4.78 is 11.4. The highest BCUT2D eigenvalue weighted by Gasteiger charge is 2.14. The van der Waals surface area contributed by atoms with Crippen LogP contribution in [0.15, 0.2) is 18.2 Å². The third-order valence-electron chi connectivity index (χ3n) is 3.21. The van der Waals surface area contributed by atoms with Gasteiger partial charge in [-0.25, -0.2) is 0 Å². The van der Waals surface area contributed by atoms with Gasteiger partial charge in [-0.1, -0.05) is 6.07 Å².